The van der Waals surface area contributed by atoms with Gasteiger partial charge < -0.3 is 5.32 Å². The van der Waals surface area contributed by atoms with Crippen LogP contribution >= 0.6 is 11.6 Å². The first-order valence-electron chi connectivity index (χ1n) is 4.68. The Balaban J connectivity index is 4.81. The number of hydrogen-bond acceptors (Lipinski definition) is 2. The third kappa shape index (κ3) is 4.40. The molecule has 0 aromatic heterocycles. The maximum Gasteiger partial charge on any atom is 0.463 e. The van der Waals surface area contributed by atoms with E-state index in [1.807, 2.05) is 0 Å². The number of ketones is 1. The van der Waals surface area contributed by atoms with Crippen LogP contribution in [0.15, 0.2) is 0 Å². The zero-order valence-corrected chi connectivity index (χ0v) is 10.3. The van der Waals surface area contributed by atoms with Crippen LogP contribution in [0.1, 0.15) is 20.3 Å². The standard InChI is InChI=1S/C9H11ClF5NO2/c1-7(2,3-5(17)4-10)16-6(18)8(11,12)9(13,14)15/h3-4H2,1-2H3,(H,16,18). The van der Waals surface area contributed by atoms with Crippen molar-refractivity contribution in [2.75, 3.05) is 5.88 Å². The molecule has 0 aliphatic heterocycles. The van der Waals surface area contributed by atoms with E-state index < -0.39 is 41.6 Å². The molecule has 0 radical (unpaired) electrons. The van der Waals surface area contributed by atoms with Gasteiger partial charge in [-0.1, -0.05) is 0 Å². The summed E-state index contributed by atoms with van der Waals surface area (Å²) in [5.41, 5.74) is -1.54. The highest BCUT2D eigenvalue weighted by Gasteiger charge is 2.63. The molecular formula is C9H11ClF5NO2. The first kappa shape index (κ1) is 17.1. The van der Waals surface area contributed by atoms with Crippen molar-refractivity contribution in [3.05, 3.63) is 0 Å². The summed E-state index contributed by atoms with van der Waals surface area (Å²) in [7, 11) is 0. The van der Waals surface area contributed by atoms with Gasteiger partial charge in [0.15, 0.2) is 0 Å². The predicted octanol–water partition coefficient (Wildman–Crippen LogP) is 2.28. The number of amides is 1. The average molecular weight is 296 g/mol. The number of carbonyl (C=O) groups is 2. The molecule has 0 aliphatic rings. The summed E-state index contributed by atoms with van der Waals surface area (Å²) < 4.78 is 60.9. The SMILES string of the molecule is CC(C)(CC(=O)CCl)NC(=O)C(F)(F)C(F)(F)F. The van der Waals surface area contributed by atoms with Gasteiger partial charge in [0.25, 0.3) is 0 Å². The van der Waals surface area contributed by atoms with Gasteiger partial charge in [-0.25, -0.2) is 0 Å². The Morgan fingerprint density at radius 2 is 1.56 bits per heavy atom. The molecule has 0 bridgehead atoms. The molecule has 0 rings (SSSR count). The Bertz CT molecular complexity index is 340. The van der Waals surface area contributed by atoms with E-state index in [9.17, 15) is 31.5 Å². The second kappa shape index (κ2) is 5.38. The van der Waals surface area contributed by atoms with Crippen molar-refractivity contribution in [1.29, 1.82) is 0 Å². The fraction of sp³-hybridized carbons (Fsp3) is 0.778. The molecule has 0 fully saturated rings. The molecule has 0 aromatic rings. The van der Waals surface area contributed by atoms with Gasteiger partial charge in [-0.15, -0.1) is 11.6 Å². The van der Waals surface area contributed by atoms with Gasteiger partial charge in [-0.05, 0) is 13.8 Å². The molecule has 0 unspecified atom stereocenters. The van der Waals surface area contributed by atoms with Gasteiger partial charge >= 0.3 is 18.0 Å². The van der Waals surface area contributed by atoms with Crippen molar-refractivity contribution in [1.82, 2.24) is 5.32 Å². The first-order valence-corrected chi connectivity index (χ1v) is 5.22. The quantitative estimate of drug-likeness (QED) is 0.625. The van der Waals surface area contributed by atoms with E-state index in [0.717, 1.165) is 13.8 Å². The average Bonchev–Trinajstić information content (AvgIpc) is 2.13. The number of rotatable bonds is 5. The lowest BCUT2D eigenvalue weighted by molar-refractivity contribution is -0.270. The van der Waals surface area contributed by atoms with Gasteiger partial charge in [0.2, 0.25) is 0 Å². The van der Waals surface area contributed by atoms with Crippen molar-refractivity contribution in [2.24, 2.45) is 0 Å². The van der Waals surface area contributed by atoms with Crippen LogP contribution in [0.5, 0.6) is 0 Å². The molecule has 0 atom stereocenters. The van der Waals surface area contributed by atoms with Gasteiger partial charge in [0.1, 0.15) is 5.78 Å². The third-order valence-corrected chi connectivity index (χ3v) is 2.18. The molecule has 1 N–H and O–H groups in total. The van der Waals surface area contributed by atoms with Gasteiger partial charge in [0, 0.05) is 12.0 Å². The van der Waals surface area contributed by atoms with E-state index in [2.05, 4.69) is 0 Å². The van der Waals surface area contributed by atoms with Crippen molar-refractivity contribution < 1.29 is 31.5 Å². The van der Waals surface area contributed by atoms with Gasteiger partial charge in [-0.2, -0.15) is 22.0 Å². The minimum absolute atomic E-state index is 0.422. The second-order valence-electron chi connectivity index (χ2n) is 4.26. The lowest BCUT2D eigenvalue weighted by Gasteiger charge is -2.28. The summed E-state index contributed by atoms with van der Waals surface area (Å²) in [6.45, 7) is 2.28. The second-order valence-corrected chi connectivity index (χ2v) is 4.53. The summed E-state index contributed by atoms with van der Waals surface area (Å²) in [4.78, 5) is 21.8. The highest BCUT2D eigenvalue weighted by atomic mass is 35.5. The highest BCUT2D eigenvalue weighted by molar-refractivity contribution is 6.27. The minimum atomic E-state index is -5.98. The van der Waals surface area contributed by atoms with Crippen molar-refractivity contribution in [3.8, 4) is 0 Å². The Morgan fingerprint density at radius 3 is 1.89 bits per heavy atom. The third-order valence-electron chi connectivity index (χ3n) is 1.88. The summed E-state index contributed by atoms with van der Waals surface area (Å²) in [5, 5.41) is 1.48. The van der Waals surface area contributed by atoms with Gasteiger partial charge in [-0.3, -0.25) is 9.59 Å². The molecule has 0 heterocycles. The fourth-order valence-corrected chi connectivity index (χ4v) is 1.19. The Hall–Kier alpha value is -0.920. The number of alkyl halides is 6. The van der Waals surface area contributed by atoms with E-state index in [1.54, 1.807) is 0 Å². The summed E-state index contributed by atoms with van der Waals surface area (Å²) in [6, 6.07) is 0. The van der Waals surface area contributed by atoms with Crippen LogP contribution in [0.3, 0.4) is 0 Å². The topological polar surface area (TPSA) is 46.2 Å². The van der Waals surface area contributed by atoms with Crippen LogP contribution in [-0.2, 0) is 9.59 Å². The van der Waals surface area contributed by atoms with Crippen molar-refractivity contribution >= 4 is 23.3 Å². The maximum absolute atomic E-state index is 12.6. The maximum atomic E-state index is 12.6. The molecule has 0 aliphatic carbocycles. The predicted molar refractivity (Wildman–Crippen MR) is 53.6 cm³/mol. The van der Waals surface area contributed by atoms with E-state index in [-0.39, 0.29) is 0 Å². The van der Waals surface area contributed by atoms with Crippen molar-refractivity contribution in [2.45, 2.75) is 37.9 Å². The number of hydrogen-bond donors (Lipinski definition) is 1. The molecular weight excluding hydrogens is 285 g/mol. The molecule has 0 aromatic carbocycles. The van der Waals surface area contributed by atoms with E-state index in [0.29, 0.717) is 0 Å². The van der Waals surface area contributed by atoms with Crippen molar-refractivity contribution in [3.63, 3.8) is 0 Å². The largest absolute Gasteiger partial charge is 0.463 e. The summed E-state index contributed by atoms with van der Waals surface area (Å²) in [5.74, 6) is -9.01. The zero-order valence-electron chi connectivity index (χ0n) is 9.50. The zero-order chi connectivity index (χ0) is 14.8. The smallest absolute Gasteiger partial charge is 0.345 e. The number of nitrogens with one attached hydrogen (secondary N) is 1. The van der Waals surface area contributed by atoms with Crippen LogP contribution in [0.4, 0.5) is 22.0 Å². The van der Waals surface area contributed by atoms with Crippen LogP contribution in [0.2, 0.25) is 0 Å². The number of halogens is 6. The molecule has 18 heavy (non-hydrogen) atoms. The van der Waals surface area contributed by atoms with Crippen LogP contribution < -0.4 is 5.32 Å². The van der Waals surface area contributed by atoms with Crippen LogP contribution in [0.25, 0.3) is 0 Å². The normalized spacial score (nSPS) is 13.3. The molecule has 1 amide bonds. The Labute approximate surface area is 105 Å². The Morgan fingerprint density at radius 1 is 1.11 bits per heavy atom. The first-order chi connectivity index (χ1) is 7.83. The molecule has 3 nitrogen and oxygen atoms in total. The highest BCUT2D eigenvalue weighted by Crippen LogP contribution is 2.36. The van der Waals surface area contributed by atoms with E-state index in [4.69, 9.17) is 11.6 Å². The lowest BCUT2D eigenvalue weighted by atomic mass is 9.97. The monoisotopic (exact) mass is 295 g/mol. The summed E-state index contributed by atoms with van der Waals surface area (Å²) >= 11 is 5.17. The van der Waals surface area contributed by atoms with Crippen LogP contribution in [0, 0.1) is 0 Å². The van der Waals surface area contributed by atoms with E-state index in [1.165, 1.54) is 5.32 Å². The molecule has 0 spiro atoms. The minimum Gasteiger partial charge on any atom is -0.345 e. The molecule has 9 heteroatoms. The molecule has 0 saturated carbocycles. The number of carbonyl (C=O) groups excluding carboxylic acids is 2. The van der Waals surface area contributed by atoms with E-state index >= 15 is 0 Å². The van der Waals surface area contributed by atoms with Crippen LogP contribution in [-0.4, -0.2) is 35.2 Å². The number of Topliss-reactive ketones (excluding diaryl/α,β-unsaturated/α-hetero) is 1. The molecule has 0 saturated heterocycles. The fourth-order valence-electron chi connectivity index (χ4n) is 1.10. The lowest BCUT2D eigenvalue weighted by Crippen LogP contribution is -2.56. The summed E-state index contributed by atoms with van der Waals surface area (Å²) in [6.07, 6.45) is -6.43. The molecule has 106 valence electrons. The van der Waals surface area contributed by atoms with Gasteiger partial charge in [0.05, 0.1) is 5.88 Å². The Kier molecular flexibility index (Phi) is 5.10.